The van der Waals surface area contributed by atoms with Crippen LogP contribution in [0.4, 0.5) is 10.8 Å². The fraction of sp³-hybridized carbons (Fsp3) is 0.111. The van der Waals surface area contributed by atoms with E-state index in [1.165, 1.54) is 18.4 Å². The van der Waals surface area contributed by atoms with E-state index in [0.29, 0.717) is 27.9 Å². The van der Waals surface area contributed by atoms with Gasteiger partial charge in [0.05, 0.1) is 19.9 Å². The average molecular weight is 355 g/mol. The molecule has 0 spiro atoms. The summed E-state index contributed by atoms with van der Waals surface area (Å²) in [6, 6.07) is 12.4. The van der Waals surface area contributed by atoms with Crippen LogP contribution in [0.15, 0.2) is 47.8 Å². The first-order chi connectivity index (χ1) is 12.1. The highest BCUT2D eigenvalue weighted by Gasteiger charge is 2.13. The van der Waals surface area contributed by atoms with Crippen LogP contribution in [-0.2, 0) is 0 Å². The van der Waals surface area contributed by atoms with Gasteiger partial charge in [0.1, 0.15) is 0 Å². The lowest BCUT2D eigenvalue weighted by atomic mass is 10.1. The summed E-state index contributed by atoms with van der Waals surface area (Å²) in [5, 5.41) is 5.20. The van der Waals surface area contributed by atoms with Gasteiger partial charge >= 0.3 is 0 Å². The molecule has 0 unspecified atom stereocenters. The lowest BCUT2D eigenvalue weighted by Crippen LogP contribution is -2.11. The molecule has 2 aromatic carbocycles. The van der Waals surface area contributed by atoms with Gasteiger partial charge < -0.3 is 15.2 Å². The Kier molecular flexibility index (Phi) is 4.85. The second-order valence-corrected chi connectivity index (χ2v) is 6.04. The summed E-state index contributed by atoms with van der Waals surface area (Å²) in [6.07, 6.45) is 0. The Morgan fingerprint density at radius 2 is 1.80 bits per heavy atom. The molecule has 0 aliphatic heterocycles. The number of hydrogen-bond donors (Lipinski definition) is 2. The summed E-state index contributed by atoms with van der Waals surface area (Å²) in [6.45, 7) is 0. The highest BCUT2D eigenvalue weighted by atomic mass is 32.1. The summed E-state index contributed by atoms with van der Waals surface area (Å²) < 4.78 is 10.4. The third-order valence-corrected chi connectivity index (χ3v) is 4.33. The van der Waals surface area contributed by atoms with Crippen LogP contribution in [0.3, 0.4) is 0 Å². The van der Waals surface area contributed by atoms with Crippen molar-refractivity contribution in [3.05, 3.63) is 53.4 Å². The number of nitrogens with one attached hydrogen (secondary N) is 1. The smallest absolute Gasteiger partial charge is 0.257 e. The minimum Gasteiger partial charge on any atom is -0.493 e. The molecular weight excluding hydrogens is 338 g/mol. The van der Waals surface area contributed by atoms with Gasteiger partial charge in [-0.1, -0.05) is 12.1 Å². The first kappa shape index (κ1) is 16.8. The molecule has 1 amide bonds. The molecule has 0 saturated heterocycles. The number of carbonyl (C=O) groups is 1. The molecule has 6 nitrogen and oxygen atoms in total. The van der Waals surface area contributed by atoms with Gasteiger partial charge in [-0.2, -0.15) is 0 Å². The number of aromatic nitrogens is 1. The maximum Gasteiger partial charge on any atom is 0.257 e. The second-order valence-electron chi connectivity index (χ2n) is 5.18. The van der Waals surface area contributed by atoms with Crippen LogP contribution < -0.4 is 20.5 Å². The van der Waals surface area contributed by atoms with E-state index in [-0.39, 0.29) is 5.91 Å². The van der Waals surface area contributed by atoms with E-state index in [2.05, 4.69) is 10.3 Å². The van der Waals surface area contributed by atoms with Crippen molar-refractivity contribution in [2.45, 2.75) is 0 Å². The Morgan fingerprint density at radius 1 is 1.08 bits per heavy atom. The summed E-state index contributed by atoms with van der Waals surface area (Å²) in [5.74, 6) is 0.801. The van der Waals surface area contributed by atoms with Crippen LogP contribution in [0.5, 0.6) is 11.5 Å². The third-order valence-electron chi connectivity index (χ3n) is 3.58. The molecule has 3 aromatic rings. The highest BCUT2D eigenvalue weighted by Crippen LogP contribution is 2.29. The summed E-state index contributed by atoms with van der Waals surface area (Å²) in [7, 11) is 3.07. The van der Waals surface area contributed by atoms with Crippen molar-refractivity contribution >= 4 is 28.1 Å². The molecule has 1 heterocycles. The first-order valence-corrected chi connectivity index (χ1v) is 8.33. The standard InChI is InChI=1S/C18H17N3O3S/c1-23-15-8-5-12(9-16(15)24-2)17(22)21-18-20-14(10-25-18)11-3-6-13(19)7-4-11/h3-10H,19H2,1-2H3,(H,20,21,22). The molecule has 128 valence electrons. The lowest BCUT2D eigenvalue weighted by molar-refractivity contribution is 0.102. The van der Waals surface area contributed by atoms with Crippen molar-refractivity contribution in [2.75, 3.05) is 25.3 Å². The zero-order valence-corrected chi connectivity index (χ0v) is 14.6. The van der Waals surface area contributed by atoms with Gasteiger partial charge in [-0.3, -0.25) is 10.1 Å². The number of nitrogens with zero attached hydrogens (tertiary/aromatic N) is 1. The van der Waals surface area contributed by atoms with Crippen LogP contribution in [0, 0.1) is 0 Å². The minimum absolute atomic E-state index is 0.265. The summed E-state index contributed by atoms with van der Waals surface area (Å²) >= 11 is 1.36. The van der Waals surface area contributed by atoms with Crippen molar-refractivity contribution in [3.63, 3.8) is 0 Å². The zero-order valence-electron chi connectivity index (χ0n) is 13.8. The molecule has 25 heavy (non-hydrogen) atoms. The molecule has 3 rings (SSSR count). The molecule has 1 aromatic heterocycles. The number of ether oxygens (including phenoxy) is 2. The van der Waals surface area contributed by atoms with Crippen molar-refractivity contribution in [1.82, 2.24) is 4.98 Å². The summed E-state index contributed by atoms with van der Waals surface area (Å²) in [5.41, 5.74) is 8.57. The molecule has 0 aliphatic carbocycles. The van der Waals surface area contributed by atoms with Crippen LogP contribution in [0.2, 0.25) is 0 Å². The van der Waals surface area contributed by atoms with Gasteiger partial charge in [-0.15, -0.1) is 11.3 Å². The Bertz CT molecular complexity index is 891. The second kappa shape index (κ2) is 7.23. The normalized spacial score (nSPS) is 10.3. The van der Waals surface area contributed by atoms with Crippen molar-refractivity contribution in [3.8, 4) is 22.8 Å². The molecule has 3 N–H and O–H groups in total. The number of methoxy groups -OCH3 is 2. The van der Waals surface area contributed by atoms with E-state index in [9.17, 15) is 4.79 Å². The van der Waals surface area contributed by atoms with Gasteiger partial charge in [0, 0.05) is 22.2 Å². The van der Waals surface area contributed by atoms with Gasteiger partial charge in [0.2, 0.25) is 0 Å². The fourth-order valence-corrected chi connectivity index (χ4v) is 2.98. The molecule has 0 bridgehead atoms. The van der Waals surface area contributed by atoms with Gasteiger partial charge in [-0.05, 0) is 30.3 Å². The Labute approximate surface area is 149 Å². The van der Waals surface area contributed by atoms with E-state index in [4.69, 9.17) is 15.2 Å². The van der Waals surface area contributed by atoms with Gasteiger partial charge in [0.15, 0.2) is 16.6 Å². The molecule has 0 radical (unpaired) electrons. The maximum absolute atomic E-state index is 12.4. The van der Waals surface area contributed by atoms with E-state index < -0.39 is 0 Å². The van der Waals surface area contributed by atoms with Crippen LogP contribution in [0.25, 0.3) is 11.3 Å². The molecule has 0 fully saturated rings. The number of anilines is 2. The van der Waals surface area contributed by atoms with E-state index >= 15 is 0 Å². The fourth-order valence-electron chi connectivity index (χ4n) is 2.26. The summed E-state index contributed by atoms with van der Waals surface area (Å²) in [4.78, 5) is 16.9. The number of rotatable bonds is 5. The number of benzene rings is 2. The van der Waals surface area contributed by atoms with Crippen LogP contribution in [0.1, 0.15) is 10.4 Å². The highest BCUT2D eigenvalue weighted by molar-refractivity contribution is 7.14. The molecule has 7 heteroatoms. The maximum atomic E-state index is 12.4. The largest absolute Gasteiger partial charge is 0.493 e. The molecular formula is C18H17N3O3S. The minimum atomic E-state index is -0.265. The number of nitrogens with two attached hydrogens (primary N) is 1. The third kappa shape index (κ3) is 3.72. The topological polar surface area (TPSA) is 86.5 Å². The lowest BCUT2D eigenvalue weighted by Gasteiger charge is -2.09. The molecule has 0 aliphatic rings. The van der Waals surface area contributed by atoms with Crippen LogP contribution >= 0.6 is 11.3 Å². The van der Waals surface area contributed by atoms with E-state index in [1.807, 2.05) is 29.6 Å². The van der Waals surface area contributed by atoms with E-state index in [0.717, 1.165) is 11.3 Å². The average Bonchev–Trinajstić information content (AvgIpc) is 3.10. The first-order valence-electron chi connectivity index (χ1n) is 7.45. The Hall–Kier alpha value is -3.06. The van der Waals surface area contributed by atoms with Crippen LogP contribution in [-0.4, -0.2) is 25.1 Å². The van der Waals surface area contributed by atoms with Crippen molar-refractivity contribution < 1.29 is 14.3 Å². The number of hydrogen-bond acceptors (Lipinski definition) is 6. The molecule has 0 saturated carbocycles. The molecule has 0 atom stereocenters. The number of carbonyl (C=O) groups excluding carboxylic acids is 1. The SMILES string of the molecule is COc1ccc(C(=O)Nc2nc(-c3ccc(N)cc3)cs2)cc1OC. The van der Waals surface area contributed by atoms with Gasteiger partial charge in [-0.25, -0.2) is 4.98 Å². The number of thiazole rings is 1. The predicted octanol–water partition coefficient (Wildman–Crippen LogP) is 3.66. The van der Waals surface area contributed by atoms with Crippen molar-refractivity contribution in [1.29, 1.82) is 0 Å². The predicted molar refractivity (Wildman–Crippen MR) is 99.5 cm³/mol. The zero-order chi connectivity index (χ0) is 17.8. The Balaban J connectivity index is 1.76. The van der Waals surface area contributed by atoms with Gasteiger partial charge in [0.25, 0.3) is 5.91 Å². The number of nitrogen functional groups attached to an aromatic ring is 1. The Morgan fingerprint density at radius 3 is 2.48 bits per heavy atom. The number of amides is 1. The quantitative estimate of drug-likeness (QED) is 0.682. The monoisotopic (exact) mass is 355 g/mol. The van der Waals surface area contributed by atoms with E-state index in [1.54, 1.807) is 25.3 Å². The van der Waals surface area contributed by atoms with Crippen molar-refractivity contribution in [2.24, 2.45) is 0 Å².